The standard InChI is InChI=1S/C15H31ClO/c1-7-11-15(17,14(5,6)8-2)12(3)9-10-13(4)16/h12-13,17H,7-11H2,1-6H3/t12?,13-,15-/m1/s1. The summed E-state index contributed by atoms with van der Waals surface area (Å²) in [7, 11) is 0. The first-order valence-corrected chi connectivity index (χ1v) is 7.51. The topological polar surface area (TPSA) is 20.2 Å². The number of rotatable bonds is 8. The zero-order valence-electron chi connectivity index (χ0n) is 12.5. The monoisotopic (exact) mass is 262 g/mol. The van der Waals surface area contributed by atoms with Gasteiger partial charge in [0.2, 0.25) is 0 Å². The molecule has 0 aliphatic heterocycles. The van der Waals surface area contributed by atoms with Gasteiger partial charge in [-0.25, -0.2) is 0 Å². The van der Waals surface area contributed by atoms with E-state index in [0.717, 1.165) is 32.1 Å². The molecule has 0 aromatic carbocycles. The summed E-state index contributed by atoms with van der Waals surface area (Å²) in [6.07, 6.45) is 4.90. The van der Waals surface area contributed by atoms with Gasteiger partial charge in [-0.1, -0.05) is 41.0 Å². The fourth-order valence-corrected chi connectivity index (χ4v) is 2.78. The van der Waals surface area contributed by atoms with Crippen molar-refractivity contribution in [2.24, 2.45) is 11.3 Å². The lowest BCUT2D eigenvalue weighted by molar-refractivity contribution is -0.118. The quantitative estimate of drug-likeness (QED) is 0.611. The molecule has 0 aliphatic carbocycles. The second-order valence-electron chi connectivity index (χ2n) is 6.17. The van der Waals surface area contributed by atoms with Gasteiger partial charge in [-0.15, -0.1) is 11.6 Å². The smallest absolute Gasteiger partial charge is 0.0723 e. The Hall–Kier alpha value is 0.250. The molecule has 0 heterocycles. The molecule has 1 N–H and O–H groups in total. The number of alkyl halides is 1. The van der Waals surface area contributed by atoms with Gasteiger partial charge in [-0.05, 0) is 43.9 Å². The Bertz CT molecular complexity index is 213. The highest BCUT2D eigenvalue weighted by molar-refractivity contribution is 6.20. The predicted octanol–water partition coefficient (Wildman–Crippen LogP) is 5.00. The van der Waals surface area contributed by atoms with Gasteiger partial charge in [0.15, 0.2) is 0 Å². The average Bonchev–Trinajstić information content (AvgIpc) is 2.25. The van der Waals surface area contributed by atoms with E-state index in [1.165, 1.54) is 0 Å². The molecule has 0 amide bonds. The average molecular weight is 263 g/mol. The minimum atomic E-state index is -0.567. The van der Waals surface area contributed by atoms with E-state index >= 15 is 0 Å². The van der Waals surface area contributed by atoms with Crippen molar-refractivity contribution >= 4 is 11.6 Å². The van der Waals surface area contributed by atoms with Crippen molar-refractivity contribution in [2.45, 2.75) is 84.6 Å². The molecule has 1 nitrogen and oxygen atoms in total. The highest BCUT2D eigenvalue weighted by atomic mass is 35.5. The Labute approximate surface area is 113 Å². The summed E-state index contributed by atoms with van der Waals surface area (Å²) in [6.45, 7) is 12.9. The zero-order valence-corrected chi connectivity index (χ0v) is 13.3. The summed E-state index contributed by atoms with van der Waals surface area (Å²) in [5.74, 6) is 0.304. The van der Waals surface area contributed by atoms with Gasteiger partial charge >= 0.3 is 0 Å². The molecule has 17 heavy (non-hydrogen) atoms. The summed E-state index contributed by atoms with van der Waals surface area (Å²) in [6, 6.07) is 0. The van der Waals surface area contributed by atoms with E-state index in [1.807, 2.05) is 6.92 Å². The van der Waals surface area contributed by atoms with E-state index in [0.29, 0.717) is 5.92 Å². The molecule has 0 rings (SSSR count). The first kappa shape index (κ1) is 17.2. The molecule has 0 aromatic heterocycles. The Kier molecular flexibility index (Phi) is 7.09. The van der Waals surface area contributed by atoms with Crippen molar-refractivity contribution in [2.75, 3.05) is 0 Å². The van der Waals surface area contributed by atoms with Gasteiger partial charge in [0.1, 0.15) is 0 Å². The van der Waals surface area contributed by atoms with E-state index in [4.69, 9.17) is 11.6 Å². The predicted molar refractivity (Wildman–Crippen MR) is 77.6 cm³/mol. The SMILES string of the molecule is CCC[C@@](O)(C(C)CC[C@@H](C)Cl)C(C)(C)CC. The Morgan fingerprint density at radius 3 is 2.00 bits per heavy atom. The van der Waals surface area contributed by atoms with Crippen LogP contribution in [0.2, 0.25) is 0 Å². The fraction of sp³-hybridized carbons (Fsp3) is 1.00. The van der Waals surface area contributed by atoms with Crippen LogP contribution in [-0.4, -0.2) is 16.1 Å². The van der Waals surface area contributed by atoms with Crippen LogP contribution < -0.4 is 0 Å². The van der Waals surface area contributed by atoms with Crippen LogP contribution in [0.25, 0.3) is 0 Å². The summed E-state index contributed by atoms with van der Waals surface area (Å²) >= 11 is 6.02. The summed E-state index contributed by atoms with van der Waals surface area (Å²) < 4.78 is 0. The normalized spacial score (nSPS) is 19.8. The van der Waals surface area contributed by atoms with Gasteiger partial charge in [-0.2, -0.15) is 0 Å². The first-order chi connectivity index (χ1) is 7.71. The molecular formula is C15H31ClO. The Morgan fingerprint density at radius 1 is 1.12 bits per heavy atom. The second-order valence-corrected chi connectivity index (χ2v) is 6.92. The molecule has 0 saturated heterocycles. The van der Waals surface area contributed by atoms with Crippen molar-refractivity contribution in [3.05, 3.63) is 0 Å². The van der Waals surface area contributed by atoms with Crippen molar-refractivity contribution in [3.8, 4) is 0 Å². The first-order valence-electron chi connectivity index (χ1n) is 7.07. The van der Waals surface area contributed by atoms with Crippen LogP contribution in [0.15, 0.2) is 0 Å². The van der Waals surface area contributed by atoms with Gasteiger partial charge in [0, 0.05) is 5.38 Å². The lowest BCUT2D eigenvalue weighted by atomic mass is 9.64. The molecule has 0 aliphatic rings. The molecule has 0 fully saturated rings. The maximum Gasteiger partial charge on any atom is 0.0723 e. The molecule has 104 valence electrons. The third kappa shape index (κ3) is 4.44. The fourth-order valence-electron chi connectivity index (χ4n) is 2.66. The van der Waals surface area contributed by atoms with Crippen LogP contribution >= 0.6 is 11.6 Å². The molecule has 0 saturated carbocycles. The van der Waals surface area contributed by atoms with Crippen LogP contribution in [0.1, 0.15) is 73.6 Å². The van der Waals surface area contributed by atoms with Crippen molar-refractivity contribution in [1.29, 1.82) is 0 Å². The zero-order chi connectivity index (χ0) is 13.7. The third-order valence-electron chi connectivity index (χ3n) is 4.50. The van der Waals surface area contributed by atoms with Crippen molar-refractivity contribution < 1.29 is 5.11 Å². The number of hydrogen-bond donors (Lipinski definition) is 1. The number of hydrogen-bond acceptors (Lipinski definition) is 1. The maximum absolute atomic E-state index is 11.1. The molecule has 2 heteroatoms. The highest BCUT2D eigenvalue weighted by Crippen LogP contribution is 2.44. The molecule has 3 atom stereocenters. The van der Waals surface area contributed by atoms with Crippen LogP contribution in [-0.2, 0) is 0 Å². The van der Waals surface area contributed by atoms with Gasteiger partial charge in [0.25, 0.3) is 0 Å². The largest absolute Gasteiger partial charge is 0.389 e. The van der Waals surface area contributed by atoms with E-state index < -0.39 is 5.60 Å². The van der Waals surface area contributed by atoms with Crippen LogP contribution in [0.4, 0.5) is 0 Å². The molecule has 0 bridgehead atoms. The molecule has 0 aromatic rings. The van der Waals surface area contributed by atoms with Gasteiger partial charge in [-0.3, -0.25) is 0 Å². The molecule has 1 unspecified atom stereocenters. The molecule has 0 radical (unpaired) electrons. The Balaban J connectivity index is 4.80. The van der Waals surface area contributed by atoms with Crippen LogP contribution in [0.5, 0.6) is 0 Å². The van der Waals surface area contributed by atoms with E-state index in [-0.39, 0.29) is 10.8 Å². The van der Waals surface area contributed by atoms with E-state index in [2.05, 4.69) is 34.6 Å². The lowest BCUT2D eigenvalue weighted by Gasteiger charge is -2.47. The van der Waals surface area contributed by atoms with Crippen molar-refractivity contribution in [3.63, 3.8) is 0 Å². The van der Waals surface area contributed by atoms with Crippen molar-refractivity contribution in [1.82, 2.24) is 0 Å². The maximum atomic E-state index is 11.1. The van der Waals surface area contributed by atoms with Gasteiger partial charge in [0.05, 0.1) is 5.60 Å². The number of aliphatic hydroxyl groups is 1. The molecule has 0 spiro atoms. The molecular weight excluding hydrogens is 232 g/mol. The van der Waals surface area contributed by atoms with E-state index in [9.17, 15) is 5.11 Å². The van der Waals surface area contributed by atoms with Crippen LogP contribution in [0.3, 0.4) is 0 Å². The summed E-state index contributed by atoms with van der Waals surface area (Å²) in [5, 5.41) is 11.3. The number of halogens is 1. The minimum Gasteiger partial charge on any atom is -0.389 e. The summed E-state index contributed by atoms with van der Waals surface area (Å²) in [5.41, 5.74) is -0.597. The van der Waals surface area contributed by atoms with E-state index in [1.54, 1.807) is 0 Å². The third-order valence-corrected chi connectivity index (χ3v) is 4.72. The van der Waals surface area contributed by atoms with Gasteiger partial charge < -0.3 is 5.11 Å². The lowest BCUT2D eigenvalue weighted by Crippen LogP contribution is -2.49. The minimum absolute atomic E-state index is 0.0298. The second kappa shape index (κ2) is 6.99. The highest BCUT2D eigenvalue weighted by Gasteiger charge is 2.45. The Morgan fingerprint density at radius 2 is 1.65 bits per heavy atom. The van der Waals surface area contributed by atoms with Crippen LogP contribution in [0, 0.1) is 11.3 Å². The summed E-state index contributed by atoms with van der Waals surface area (Å²) in [4.78, 5) is 0.